The number of carbonyl (C=O) groups is 1. The lowest BCUT2D eigenvalue weighted by molar-refractivity contribution is -0.123. The molecule has 0 radical (unpaired) electrons. The summed E-state index contributed by atoms with van der Waals surface area (Å²) in [4.78, 5) is 16.3. The second kappa shape index (κ2) is 8.85. The van der Waals surface area contributed by atoms with E-state index in [4.69, 9.17) is 14.2 Å². The standard InChI is InChI=1S/C21H21N3O4/c1-14-17(26-2)10-9-16(21(14)27-3)12-23-24-19(25)13-28-18-8-4-6-15-7-5-11-22-20(15)18/h4-12H,13H2,1-3H3,(H,24,25)/b23-12+. The highest BCUT2D eigenvalue weighted by atomic mass is 16.5. The summed E-state index contributed by atoms with van der Waals surface area (Å²) in [5, 5.41) is 4.93. The van der Waals surface area contributed by atoms with Crippen molar-refractivity contribution in [2.75, 3.05) is 20.8 Å². The first-order valence-electron chi connectivity index (χ1n) is 8.64. The summed E-state index contributed by atoms with van der Waals surface area (Å²) in [6.07, 6.45) is 3.20. The van der Waals surface area contributed by atoms with Crippen LogP contribution in [0.3, 0.4) is 0 Å². The van der Waals surface area contributed by atoms with Gasteiger partial charge >= 0.3 is 0 Å². The fraction of sp³-hybridized carbons (Fsp3) is 0.190. The Kier molecular flexibility index (Phi) is 6.06. The van der Waals surface area contributed by atoms with Crippen molar-refractivity contribution in [1.29, 1.82) is 0 Å². The van der Waals surface area contributed by atoms with E-state index in [1.807, 2.05) is 37.3 Å². The molecule has 7 heteroatoms. The second-order valence-electron chi connectivity index (χ2n) is 5.93. The molecular weight excluding hydrogens is 358 g/mol. The molecule has 0 aliphatic carbocycles. The molecule has 1 aromatic heterocycles. The lowest BCUT2D eigenvalue weighted by atomic mass is 10.1. The summed E-state index contributed by atoms with van der Waals surface area (Å²) < 4.78 is 16.3. The maximum atomic E-state index is 12.0. The minimum Gasteiger partial charge on any atom is -0.496 e. The molecule has 0 spiro atoms. The van der Waals surface area contributed by atoms with Crippen LogP contribution in [0.15, 0.2) is 53.8 Å². The van der Waals surface area contributed by atoms with Crippen molar-refractivity contribution < 1.29 is 19.0 Å². The minimum absolute atomic E-state index is 0.175. The van der Waals surface area contributed by atoms with E-state index in [1.165, 1.54) is 6.21 Å². The Labute approximate surface area is 162 Å². The molecule has 144 valence electrons. The van der Waals surface area contributed by atoms with Crippen LogP contribution in [0, 0.1) is 6.92 Å². The van der Waals surface area contributed by atoms with Gasteiger partial charge in [-0.05, 0) is 31.2 Å². The van der Waals surface area contributed by atoms with Gasteiger partial charge in [0.1, 0.15) is 22.8 Å². The Morgan fingerprint density at radius 2 is 1.93 bits per heavy atom. The molecule has 0 saturated carbocycles. The van der Waals surface area contributed by atoms with Crippen LogP contribution in [-0.2, 0) is 4.79 Å². The van der Waals surface area contributed by atoms with Gasteiger partial charge in [-0.1, -0.05) is 18.2 Å². The molecular formula is C21H21N3O4. The summed E-state index contributed by atoms with van der Waals surface area (Å²) in [7, 11) is 3.17. The Balaban J connectivity index is 1.62. The van der Waals surface area contributed by atoms with Crippen LogP contribution >= 0.6 is 0 Å². The SMILES string of the molecule is COc1ccc(/C=N/NC(=O)COc2cccc3cccnc23)c(OC)c1C. The number of methoxy groups -OCH3 is 2. The van der Waals surface area contributed by atoms with Crippen LogP contribution in [-0.4, -0.2) is 37.9 Å². The molecule has 1 N–H and O–H groups in total. The molecule has 7 nitrogen and oxygen atoms in total. The van der Waals surface area contributed by atoms with Gasteiger partial charge < -0.3 is 14.2 Å². The van der Waals surface area contributed by atoms with Crippen molar-refractivity contribution in [2.24, 2.45) is 5.10 Å². The minimum atomic E-state index is -0.381. The third-order valence-electron chi connectivity index (χ3n) is 4.16. The highest BCUT2D eigenvalue weighted by Gasteiger charge is 2.10. The van der Waals surface area contributed by atoms with Gasteiger partial charge in [-0.25, -0.2) is 5.43 Å². The molecule has 3 rings (SSSR count). The van der Waals surface area contributed by atoms with E-state index in [0.29, 0.717) is 17.0 Å². The van der Waals surface area contributed by atoms with Crippen molar-refractivity contribution in [3.63, 3.8) is 0 Å². The number of pyridine rings is 1. The number of amides is 1. The fourth-order valence-electron chi connectivity index (χ4n) is 2.83. The molecule has 0 bridgehead atoms. The predicted octanol–water partition coefficient (Wildman–Crippen LogP) is 3.09. The molecule has 0 aliphatic heterocycles. The van der Waals surface area contributed by atoms with Crippen molar-refractivity contribution in [3.8, 4) is 17.2 Å². The quantitative estimate of drug-likeness (QED) is 0.504. The first-order chi connectivity index (χ1) is 13.6. The maximum Gasteiger partial charge on any atom is 0.277 e. The van der Waals surface area contributed by atoms with Crippen LogP contribution in [0.25, 0.3) is 10.9 Å². The molecule has 28 heavy (non-hydrogen) atoms. The van der Waals surface area contributed by atoms with Gasteiger partial charge in [0.25, 0.3) is 5.91 Å². The molecule has 0 aliphatic rings. The van der Waals surface area contributed by atoms with Gasteiger partial charge in [-0.15, -0.1) is 0 Å². The normalized spacial score (nSPS) is 10.8. The maximum absolute atomic E-state index is 12.0. The zero-order valence-electron chi connectivity index (χ0n) is 15.9. The number of ether oxygens (including phenoxy) is 3. The molecule has 0 saturated heterocycles. The van der Waals surface area contributed by atoms with E-state index >= 15 is 0 Å². The van der Waals surface area contributed by atoms with E-state index in [9.17, 15) is 4.79 Å². The van der Waals surface area contributed by atoms with Crippen LogP contribution in [0.1, 0.15) is 11.1 Å². The van der Waals surface area contributed by atoms with Crippen LogP contribution in [0.5, 0.6) is 17.2 Å². The number of nitrogens with one attached hydrogen (secondary N) is 1. The van der Waals surface area contributed by atoms with Gasteiger partial charge in [-0.2, -0.15) is 5.10 Å². The number of nitrogens with zero attached hydrogens (tertiary/aromatic N) is 2. The van der Waals surface area contributed by atoms with Gasteiger partial charge in [-0.3, -0.25) is 9.78 Å². The van der Waals surface area contributed by atoms with Crippen LogP contribution in [0.4, 0.5) is 0 Å². The van der Waals surface area contributed by atoms with Crippen LogP contribution in [0.2, 0.25) is 0 Å². The van der Waals surface area contributed by atoms with Crippen molar-refractivity contribution >= 4 is 23.0 Å². The lowest BCUT2D eigenvalue weighted by Crippen LogP contribution is -2.24. The second-order valence-corrected chi connectivity index (χ2v) is 5.93. The number of hydrazone groups is 1. The summed E-state index contributed by atoms with van der Waals surface area (Å²) in [6.45, 7) is 1.71. The van der Waals surface area contributed by atoms with Crippen molar-refractivity contribution in [3.05, 3.63) is 59.8 Å². The number of hydrogen-bond acceptors (Lipinski definition) is 6. The van der Waals surface area contributed by atoms with E-state index in [0.717, 1.165) is 22.3 Å². The first-order valence-corrected chi connectivity index (χ1v) is 8.64. The largest absolute Gasteiger partial charge is 0.496 e. The smallest absolute Gasteiger partial charge is 0.277 e. The highest BCUT2D eigenvalue weighted by molar-refractivity contribution is 5.87. The summed E-state index contributed by atoms with van der Waals surface area (Å²) in [5.74, 6) is 1.52. The average molecular weight is 379 g/mol. The number of rotatable bonds is 7. The zero-order chi connectivity index (χ0) is 19.9. The Morgan fingerprint density at radius 1 is 1.11 bits per heavy atom. The van der Waals surface area contributed by atoms with Crippen molar-refractivity contribution in [2.45, 2.75) is 6.92 Å². The fourth-order valence-corrected chi connectivity index (χ4v) is 2.83. The zero-order valence-corrected chi connectivity index (χ0v) is 15.9. The van der Waals surface area contributed by atoms with E-state index < -0.39 is 0 Å². The number of carbonyl (C=O) groups excluding carboxylic acids is 1. The Morgan fingerprint density at radius 3 is 2.71 bits per heavy atom. The summed E-state index contributed by atoms with van der Waals surface area (Å²) >= 11 is 0. The molecule has 3 aromatic rings. The predicted molar refractivity (Wildman–Crippen MR) is 107 cm³/mol. The first kappa shape index (κ1) is 19.2. The Hall–Kier alpha value is -3.61. The third kappa shape index (κ3) is 4.20. The number of hydrogen-bond donors (Lipinski definition) is 1. The van der Waals surface area contributed by atoms with E-state index in [1.54, 1.807) is 32.5 Å². The summed E-state index contributed by atoms with van der Waals surface area (Å²) in [5.41, 5.74) is 4.73. The van der Waals surface area contributed by atoms with E-state index in [2.05, 4.69) is 15.5 Å². The summed E-state index contributed by atoms with van der Waals surface area (Å²) in [6, 6.07) is 13.0. The number of para-hydroxylation sites is 1. The van der Waals surface area contributed by atoms with Gasteiger partial charge in [0.05, 0.1) is 20.4 Å². The van der Waals surface area contributed by atoms with Crippen molar-refractivity contribution in [1.82, 2.24) is 10.4 Å². The van der Waals surface area contributed by atoms with Gasteiger partial charge in [0.2, 0.25) is 0 Å². The number of benzene rings is 2. The molecule has 1 heterocycles. The number of aromatic nitrogens is 1. The number of fused-ring (bicyclic) bond motifs is 1. The molecule has 0 unspecified atom stereocenters. The molecule has 1 amide bonds. The molecule has 0 fully saturated rings. The molecule has 2 aromatic carbocycles. The Bertz CT molecular complexity index is 1010. The average Bonchev–Trinajstić information content (AvgIpc) is 2.72. The van der Waals surface area contributed by atoms with Gasteiger partial charge in [0.15, 0.2) is 6.61 Å². The topological polar surface area (TPSA) is 82.0 Å². The van der Waals surface area contributed by atoms with Crippen LogP contribution < -0.4 is 19.6 Å². The lowest BCUT2D eigenvalue weighted by Gasteiger charge is -2.12. The monoisotopic (exact) mass is 379 g/mol. The molecule has 0 atom stereocenters. The highest BCUT2D eigenvalue weighted by Crippen LogP contribution is 2.30. The van der Waals surface area contributed by atoms with E-state index in [-0.39, 0.29) is 12.5 Å². The third-order valence-corrected chi connectivity index (χ3v) is 4.16. The van der Waals surface area contributed by atoms with Gasteiger partial charge in [0, 0.05) is 22.7 Å².